The average molecular weight is 359 g/mol. The summed E-state index contributed by atoms with van der Waals surface area (Å²) in [6.07, 6.45) is 2.06. The van der Waals surface area contributed by atoms with Crippen molar-refractivity contribution >= 4 is 17.5 Å². The Bertz CT molecular complexity index is 735. The van der Waals surface area contributed by atoms with Gasteiger partial charge in [-0.3, -0.25) is 9.69 Å². The quantitative estimate of drug-likeness (QED) is 0.885. The molecule has 0 aliphatic carbocycles. The van der Waals surface area contributed by atoms with Crippen molar-refractivity contribution in [2.45, 2.75) is 25.4 Å². The Morgan fingerprint density at radius 3 is 2.92 bits per heavy atom. The fraction of sp³-hybridized carbons (Fsp3) is 0.350. The lowest BCUT2D eigenvalue weighted by atomic mass is 10.0. The van der Waals surface area contributed by atoms with Crippen LogP contribution in [-0.2, 0) is 6.54 Å². The monoisotopic (exact) mass is 358 g/mol. The van der Waals surface area contributed by atoms with Crippen LogP contribution < -0.4 is 10.1 Å². The third-order valence-corrected chi connectivity index (χ3v) is 4.83. The highest BCUT2D eigenvalue weighted by molar-refractivity contribution is 6.33. The molecule has 1 N–H and O–H groups in total. The third kappa shape index (κ3) is 4.74. The van der Waals surface area contributed by atoms with Crippen molar-refractivity contribution in [3.05, 3.63) is 64.7 Å². The Morgan fingerprint density at radius 1 is 1.28 bits per heavy atom. The summed E-state index contributed by atoms with van der Waals surface area (Å²) in [6.45, 7) is 2.73. The molecule has 1 atom stereocenters. The Labute approximate surface area is 153 Å². The number of benzene rings is 2. The molecule has 1 aliphatic heterocycles. The number of nitrogens with zero attached hydrogens (tertiary/aromatic N) is 1. The zero-order valence-electron chi connectivity index (χ0n) is 14.4. The van der Waals surface area contributed by atoms with Gasteiger partial charge in [-0.25, -0.2) is 0 Å². The van der Waals surface area contributed by atoms with Gasteiger partial charge in [-0.1, -0.05) is 35.9 Å². The van der Waals surface area contributed by atoms with Crippen molar-refractivity contribution in [3.63, 3.8) is 0 Å². The predicted molar refractivity (Wildman–Crippen MR) is 100 cm³/mol. The van der Waals surface area contributed by atoms with Crippen LogP contribution >= 0.6 is 11.6 Å². The molecule has 132 valence electrons. The molecule has 3 rings (SSSR count). The van der Waals surface area contributed by atoms with E-state index in [4.69, 9.17) is 16.3 Å². The lowest BCUT2D eigenvalue weighted by molar-refractivity contribution is 0.0901. The number of ether oxygens (including phenoxy) is 1. The second-order valence-electron chi connectivity index (χ2n) is 6.38. The molecule has 0 bridgehead atoms. The largest absolute Gasteiger partial charge is 0.497 e. The van der Waals surface area contributed by atoms with Gasteiger partial charge in [0.1, 0.15) is 5.75 Å². The van der Waals surface area contributed by atoms with Crippen LogP contribution in [-0.4, -0.2) is 37.0 Å². The average Bonchev–Trinajstić information content (AvgIpc) is 2.62. The number of piperidine rings is 1. The smallest absolute Gasteiger partial charge is 0.253 e. The first-order valence-electron chi connectivity index (χ1n) is 8.56. The van der Waals surface area contributed by atoms with Crippen molar-refractivity contribution < 1.29 is 9.53 Å². The molecule has 1 fully saturated rings. The molecule has 4 nitrogen and oxygen atoms in total. The molecule has 0 aromatic heterocycles. The van der Waals surface area contributed by atoms with Gasteiger partial charge in [0.05, 0.1) is 17.7 Å². The second-order valence-corrected chi connectivity index (χ2v) is 6.79. The number of rotatable bonds is 5. The fourth-order valence-corrected chi connectivity index (χ4v) is 3.48. The maximum atomic E-state index is 12.5. The number of hydrogen-bond acceptors (Lipinski definition) is 3. The summed E-state index contributed by atoms with van der Waals surface area (Å²) in [5.41, 5.74) is 1.76. The predicted octanol–water partition coefficient (Wildman–Crippen LogP) is 3.74. The van der Waals surface area contributed by atoms with E-state index in [0.29, 0.717) is 10.6 Å². The lowest BCUT2D eigenvalue weighted by Crippen LogP contribution is -2.47. The van der Waals surface area contributed by atoms with E-state index in [1.807, 2.05) is 24.3 Å². The van der Waals surface area contributed by atoms with Crippen LogP contribution in [0, 0.1) is 0 Å². The molecule has 1 saturated heterocycles. The van der Waals surface area contributed by atoms with E-state index in [0.717, 1.165) is 38.2 Å². The maximum Gasteiger partial charge on any atom is 0.253 e. The summed E-state index contributed by atoms with van der Waals surface area (Å²) >= 11 is 6.12. The molecule has 1 amide bonds. The van der Waals surface area contributed by atoms with Gasteiger partial charge >= 0.3 is 0 Å². The number of methoxy groups -OCH3 is 1. The molecular formula is C20H23ClN2O2. The van der Waals surface area contributed by atoms with Crippen molar-refractivity contribution in [2.75, 3.05) is 20.2 Å². The van der Waals surface area contributed by atoms with Crippen molar-refractivity contribution in [2.24, 2.45) is 0 Å². The second kappa shape index (κ2) is 8.37. The lowest BCUT2D eigenvalue weighted by Gasteiger charge is -2.33. The molecule has 0 spiro atoms. The van der Waals surface area contributed by atoms with Gasteiger partial charge in [-0.2, -0.15) is 0 Å². The van der Waals surface area contributed by atoms with Gasteiger partial charge in [0.2, 0.25) is 0 Å². The minimum atomic E-state index is -0.0983. The van der Waals surface area contributed by atoms with E-state index < -0.39 is 0 Å². The topological polar surface area (TPSA) is 41.6 Å². The van der Waals surface area contributed by atoms with Crippen LogP contribution in [0.1, 0.15) is 28.8 Å². The third-order valence-electron chi connectivity index (χ3n) is 4.50. The summed E-state index contributed by atoms with van der Waals surface area (Å²) in [5.74, 6) is 0.775. The van der Waals surface area contributed by atoms with Crippen LogP contribution in [0.4, 0.5) is 0 Å². The van der Waals surface area contributed by atoms with Crippen molar-refractivity contribution in [1.29, 1.82) is 0 Å². The number of hydrogen-bond donors (Lipinski definition) is 1. The summed E-state index contributed by atoms with van der Waals surface area (Å²) < 4.78 is 5.29. The molecule has 1 heterocycles. The van der Waals surface area contributed by atoms with Gasteiger partial charge in [0, 0.05) is 19.1 Å². The molecule has 25 heavy (non-hydrogen) atoms. The molecule has 5 heteroatoms. The molecule has 0 radical (unpaired) electrons. The number of amides is 1. The highest BCUT2D eigenvalue weighted by atomic mass is 35.5. The van der Waals surface area contributed by atoms with Gasteiger partial charge in [0.25, 0.3) is 5.91 Å². The van der Waals surface area contributed by atoms with Crippen LogP contribution in [0.25, 0.3) is 0 Å². The minimum Gasteiger partial charge on any atom is -0.497 e. The van der Waals surface area contributed by atoms with E-state index in [1.54, 1.807) is 19.2 Å². The van der Waals surface area contributed by atoms with Crippen LogP contribution in [0.3, 0.4) is 0 Å². The summed E-state index contributed by atoms with van der Waals surface area (Å²) in [5, 5.41) is 3.61. The summed E-state index contributed by atoms with van der Waals surface area (Å²) in [4.78, 5) is 14.8. The van der Waals surface area contributed by atoms with Gasteiger partial charge in [-0.15, -0.1) is 0 Å². The van der Waals surface area contributed by atoms with Gasteiger partial charge in [-0.05, 0) is 49.2 Å². The van der Waals surface area contributed by atoms with Crippen molar-refractivity contribution in [3.8, 4) is 5.75 Å². The van der Waals surface area contributed by atoms with Crippen LogP contribution in [0.15, 0.2) is 48.5 Å². The first-order valence-corrected chi connectivity index (χ1v) is 8.94. The maximum absolute atomic E-state index is 12.5. The van der Waals surface area contributed by atoms with Crippen LogP contribution in [0.5, 0.6) is 5.75 Å². The SMILES string of the molecule is COc1cccc(CN2CCC[C@H](NC(=O)c3ccccc3Cl)C2)c1. The number of halogens is 1. The number of nitrogens with one attached hydrogen (secondary N) is 1. The van der Waals surface area contributed by atoms with Crippen molar-refractivity contribution in [1.82, 2.24) is 10.2 Å². The fourth-order valence-electron chi connectivity index (χ4n) is 3.25. The van der Waals surface area contributed by atoms with E-state index in [-0.39, 0.29) is 11.9 Å². The number of carbonyl (C=O) groups is 1. The van der Waals surface area contributed by atoms with E-state index in [9.17, 15) is 4.79 Å². The molecular weight excluding hydrogens is 336 g/mol. The molecule has 0 unspecified atom stereocenters. The first-order chi connectivity index (χ1) is 12.2. The highest BCUT2D eigenvalue weighted by Gasteiger charge is 2.22. The Kier molecular flexibility index (Phi) is 5.95. The summed E-state index contributed by atoms with van der Waals surface area (Å²) in [6, 6.07) is 15.4. The van der Waals surface area contributed by atoms with E-state index in [1.165, 1.54) is 5.56 Å². The zero-order valence-corrected chi connectivity index (χ0v) is 15.1. The molecule has 2 aromatic rings. The number of likely N-dealkylation sites (tertiary alicyclic amines) is 1. The first kappa shape index (κ1) is 17.8. The number of carbonyl (C=O) groups excluding carboxylic acids is 1. The Hall–Kier alpha value is -2.04. The van der Waals surface area contributed by atoms with E-state index >= 15 is 0 Å². The Morgan fingerprint density at radius 2 is 2.12 bits per heavy atom. The van der Waals surface area contributed by atoms with E-state index in [2.05, 4.69) is 22.3 Å². The molecule has 2 aromatic carbocycles. The van der Waals surface area contributed by atoms with Crippen LogP contribution in [0.2, 0.25) is 5.02 Å². The zero-order chi connectivity index (χ0) is 17.6. The summed E-state index contributed by atoms with van der Waals surface area (Å²) in [7, 11) is 1.68. The normalized spacial score (nSPS) is 17.9. The standard InChI is InChI=1S/C20H23ClN2O2/c1-25-17-8-4-6-15(12-17)13-23-11-5-7-16(14-23)22-20(24)18-9-2-3-10-19(18)21/h2-4,6,8-10,12,16H,5,7,11,13-14H2,1H3,(H,22,24)/t16-/m0/s1. The molecule has 0 saturated carbocycles. The van der Waals surface area contributed by atoms with Gasteiger partial charge in [0.15, 0.2) is 0 Å². The van der Waals surface area contributed by atoms with Gasteiger partial charge < -0.3 is 10.1 Å². The minimum absolute atomic E-state index is 0.0983. The Balaban J connectivity index is 1.59. The highest BCUT2D eigenvalue weighted by Crippen LogP contribution is 2.19. The molecule has 1 aliphatic rings.